The van der Waals surface area contributed by atoms with Crippen molar-refractivity contribution >= 4 is 35.0 Å². The summed E-state index contributed by atoms with van der Waals surface area (Å²) in [5.74, 6) is 2.29. The van der Waals surface area contributed by atoms with Gasteiger partial charge in [-0.15, -0.1) is 16.8 Å². The summed E-state index contributed by atoms with van der Waals surface area (Å²) < 4.78 is 7.34. The predicted octanol–water partition coefficient (Wildman–Crippen LogP) is 4.98. The second-order valence-corrected chi connectivity index (χ2v) is 8.57. The number of carbonyl (C=O) groups is 1. The lowest BCUT2D eigenvalue weighted by atomic mass is 9.87. The van der Waals surface area contributed by atoms with Gasteiger partial charge in [-0.05, 0) is 24.1 Å². The number of hydrogen-bond acceptors (Lipinski definition) is 5. The summed E-state index contributed by atoms with van der Waals surface area (Å²) >= 11 is 7.40. The second kappa shape index (κ2) is 10.7. The fourth-order valence-electron chi connectivity index (χ4n) is 3.63. The largest absolute Gasteiger partial charge is 0.495 e. The van der Waals surface area contributed by atoms with E-state index in [0.717, 1.165) is 17.4 Å². The van der Waals surface area contributed by atoms with Crippen LogP contribution in [0.25, 0.3) is 0 Å². The number of rotatable bonds is 9. The summed E-state index contributed by atoms with van der Waals surface area (Å²) in [4.78, 5) is 12.4. The van der Waals surface area contributed by atoms with E-state index in [-0.39, 0.29) is 11.7 Å². The van der Waals surface area contributed by atoms with Gasteiger partial charge < -0.3 is 14.6 Å². The summed E-state index contributed by atoms with van der Waals surface area (Å²) in [6.45, 7) is 4.49. The first-order valence-corrected chi connectivity index (χ1v) is 11.3. The Morgan fingerprint density at radius 1 is 1.38 bits per heavy atom. The Morgan fingerprint density at radius 2 is 2.17 bits per heavy atom. The zero-order valence-electron chi connectivity index (χ0n) is 16.7. The molecule has 0 aliphatic heterocycles. The number of benzene rings is 1. The molecule has 1 N–H and O–H groups in total. The van der Waals surface area contributed by atoms with Gasteiger partial charge in [-0.25, -0.2) is 0 Å². The van der Waals surface area contributed by atoms with Crippen molar-refractivity contribution in [1.82, 2.24) is 14.8 Å². The molecule has 29 heavy (non-hydrogen) atoms. The topological polar surface area (TPSA) is 69.0 Å². The normalized spacial score (nSPS) is 14.6. The average Bonchev–Trinajstić information content (AvgIpc) is 3.09. The lowest BCUT2D eigenvalue weighted by molar-refractivity contribution is -0.113. The fourth-order valence-corrected chi connectivity index (χ4v) is 4.57. The molecule has 1 fully saturated rings. The Bertz CT molecular complexity index is 849. The molecule has 0 radical (unpaired) electrons. The van der Waals surface area contributed by atoms with Crippen LogP contribution in [0.4, 0.5) is 5.69 Å². The molecule has 1 aliphatic rings. The Labute approximate surface area is 181 Å². The van der Waals surface area contributed by atoms with Crippen LogP contribution in [0.3, 0.4) is 0 Å². The molecule has 2 aromatic rings. The van der Waals surface area contributed by atoms with Crippen LogP contribution in [-0.2, 0) is 17.8 Å². The van der Waals surface area contributed by atoms with Crippen LogP contribution >= 0.6 is 23.4 Å². The van der Waals surface area contributed by atoms with Gasteiger partial charge in [0.1, 0.15) is 11.6 Å². The van der Waals surface area contributed by atoms with E-state index >= 15 is 0 Å². The summed E-state index contributed by atoms with van der Waals surface area (Å²) in [5, 5.41) is 12.9. The molecule has 0 saturated heterocycles. The van der Waals surface area contributed by atoms with E-state index in [1.165, 1.54) is 43.9 Å². The van der Waals surface area contributed by atoms with E-state index in [1.807, 2.05) is 6.08 Å². The van der Waals surface area contributed by atoms with Gasteiger partial charge in [-0.3, -0.25) is 4.79 Å². The molecule has 1 saturated carbocycles. The van der Waals surface area contributed by atoms with E-state index in [1.54, 1.807) is 25.3 Å². The van der Waals surface area contributed by atoms with Gasteiger partial charge in [0.2, 0.25) is 5.91 Å². The molecule has 0 unspecified atom stereocenters. The number of aromatic nitrogens is 3. The molecule has 0 bridgehead atoms. The van der Waals surface area contributed by atoms with Crippen LogP contribution in [-0.4, -0.2) is 33.5 Å². The molecule has 3 rings (SSSR count). The monoisotopic (exact) mass is 434 g/mol. The fraction of sp³-hybridized carbons (Fsp3) is 0.476. The van der Waals surface area contributed by atoms with Crippen LogP contribution in [0.2, 0.25) is 5.02 Å². The average molecular weight is 435 g/mol. The van der Waals surface area contributed by atoms with Crippen molar-refractivity contribution in [3.8, 4) is 5.75 Å². The highest BCUT2D eigenvalue weighted by molar-refractivity contribution is 7.99. The molecular formula is C21H27ClN4O2S. The molecule has 1 aliphatic carbocycles. The van der Waals surface area contributed by atoms with Crippen molar-refractivity contribution in [3.05, 3.63) is 41.7 Å². The predicted molar refractivity (Wildman–Crippen MR) is 118 cm³/mol. The SMILES string of the molecule is C=CCn1c(CC2CCCCC2)nnc1SCC(=O)Nc1cc(Cl)ccc1OC. The van der Waals surface area contributed by atoms with Crippen LogP contribution < -0.4 is 10.1 Å². The Hall–Kier alpha value is -1.99. The Kier molecular flexibility index (Phi) is 8.00. The van der Waals surface area contributed by atoms with E-state index in [4.69, 9.17) is 16.3 Å². The number of allylic oxidation sites excluding steroid dienone is 1. The minimum atomic E-state index is -0.155. The first kappa shape index (κ1) is 21.7. The molecule has 1 aromatic heterocycles. The number of ether oxygens (including phenoxy) is 1. The van der Waals surface area contributed by atoms with Gasteiger partial charge in [0.15, 0.2) is 5.16 Å². The second-order valence-electron chi connectivity index (χ2n) is 7.19. The smallest absolute Gasteiger partial charge is 0.234 e. The lowest BCUT2D eigenvalue weighted by Gasteiger charge is -2.21. The molecule has 8 heteroatoms. The highest BCUT2D eigenvalue weighted by atomic mass is 35.5. The first-order valence-electron chi connectivity index (χ1n) is 9.90. The van der Waals surface area contributed by atoms with Gasteiger partial charge in [0.25, 0.3) is 0 Å². The number of thioether (sulfide) groups is 1. The van der Waals surface area contributed by atoms with Gasteiger partial charge in [0.05, 0.1) is 18.6 Å². The number of carbonyl (C=O) groups excluding carboxylic acids is 1. The van der Waals surface area contributed by atoms with Gasteiger partial charge in [-0.2, -0.15) is 0 Å². The van der Waals surface area contributed by atoms with Crippen molar-refractivity contribution in [3.63, 3.8) is 0 Å². The zero-order valence-corrected chi connectivity index (χ0v) is 18.3. The molecule has 0 spiro atoms. The molecule has 1 amide bonds. The number of halogens is 1. The first-order chi connectivity index (χ1) is 14.1. The van der Waals surface area contributed by atoms with Gasteiger partial charge in [-0.1, -0.05) is 61.5 Å². The molecule has 6 nitrogen and oxygen atoms in total. The summed E-state index contributed by atoms with van der Waals surface area (Å²) in [6.07, 6.45) is 9.23. The van der Waals surface area contributed by atoms with E-state index in [2.05, 4.69) is 26.7 Å². The van der Waals surface area contributed by atoms with Gasteiger partial charge in [0, 0.05) is 18.0 Å². The molecular weight excluding hydrogens is 408 g/mol. The molecule has 0 atom stereocenters. The number of methoxy groups -OCH3 is 1. The van der Waals surface area contributed by atoms with Crippen molar-refractivity contribution in [1.29, 1.82) is 0 Å². The number of nitrogens with one attached hydrogen (secondary N) is 1. The molecule has 1 aromatic carbocycles. The maximum absolute atomic E-state index is 12.4. The van der Waals surface area contributed by atoms with Crippen molar-refractivity contribution in [2.45, 2.75) is 50.2 Å². The van der Waals surface area contributed by atoms with Crippen LogP contribution in [0.5, 0.6) is 5.75 Å². The van der Waals surface area contributed by atoms with E-state index in [9.17, 15) is 4.79 Å². The summed E-state index contributed by atoms with van der Waals surface area (Å²) in [7, 11) is 1.55. The number of anilines is 1. The highest BCUT2D eigenvalue weighted by Gasteiger charge is 2.20. The van der Waals surface area contributed by atoms with Crippen molar-refractivity contribution in [2.24, 2.45) is 5.92 Å². The van der Waals surface area contributed by atoms with Crippen molar-refractivity contribution in [2.75, 3.05) is 18.2 Å². The Balaban J connectivity index is 1.63. The van der Waals surface area contributed by atoms with Gasteiger partial charge >= 0.3 is 0 Å². The highest BCUT2D eigenvalue weighted by Crippen LogP contribution is 2.29. The van der Waals surface area contributed by atoms with Crippen LogP contribution in [0.15, 0.2) is 36.0 Å². The minimum Gasteiger partial charge on any atom is -0.495 e. The Morgan fingerprint density at radius 3 is 2.90 bits per heavy atom. The molecule has 1 heterocycles. The van der Waals surface area contributed by atoms with Crippen LogP contribution in [0.1, 0.15) is 37.9 Å². The third-order valence-corrected chi connectivity index (χ3v) is 6.27. The minimum absolute atomic E-state index is 0.155. The standard InChI is InChI=1S/C21H27ClN4O2S/c1-3-11-26-19(12-15-7-5-4-6-8-15)24-25-21(26)29-14-20(27)23-17-13-16(22)9-10-18(17)28-2/h3,9-10,13,15H,1,4-8,11-12,14H2,2H3,(H,23,27). The number of nitrogens with zero attached hydrogens (tertiary/aromatic N) is 3. The van der Waals surface area contributed by atoms with E-state index < -0.39 is 0 Å². The maximum atomic E-state index is 12.4. The molecule has 156 valence electrons. The summed E-state index contributed by atoms with van der Waals surface area (Å²) in [6, 6.07) is 5.12. The lowest BCUT2D eigenvalue weighted by Crippen LogP contribution is -2.16. The van der Waals surface area contributed by atoms with Crippen LogP contribution in [0, 0.1) is 5.92 Å². The quantitative estimate of drug-likeness (QED) is 0.445. The third kappa shape index (κ3) is 6.00. The summed E-state index contributed by atoms with van der Waals surface area (Å²) in [5.41, 5.74) is 0.552. The van der Waals surface area contributed by atoms with Crippen molar-refractivity contribution < 1.29 is 9.53 Å². The number of amides is 1. The van der Waals surface area contributed by atoms with E-state index in [0.29, 0.717) is 28.9 Å². The number of hydrogen-bond donors (Lipinski definition) is 1. The maximum Gasteiger partial charge on any atom is 0.234 e. The third-order valence-electron chi connectivity index (χ3n) is 5.07. The zero-order chi connectivity index (χ0) is 20.6.